The van der Waals surface area contributed by atoms with Crippen molar-refractivity contribution in [2.75, 3.05) is 18.0 Å². The van der Waals surface area contributed by atoms with Crippen LogP contribution < -0.4 is 4.90 Å². The van der Waals surface area contributed by atoms with E-state index in [1.165, 1.54) is 6.08 Å². The molecule has 0 aliphatic rings. The molecule has 94 valence electrons. The summed E-state index contributed by atoms with van der Waals surface area (Å²) in [6.45, 7) is 4.32. The SMILES string of the molecule is C=CCN(CC(F)(F)F)c1cc(C)ccc1Cl. The van der Waals surface area contributed by atoms with Gasteiger partial charge in [0.2, 0.25) is 0 Å². The van der Waals surface area contributed by atoms with Gasteiger partial charge >= 0.3 is 6.18 Å². The minimum absolute atomic E-state index is 0.0999. The standard InChI is InChI=1S/C12H13ClF3N/c1-3-6-17(8-12(14,15)16)11-7-9(2)4-5-10(11)13/h3-5,7H,1,6,8H2,2H3. The van der Waals surface area contributed by atoms with Gasteiger partial charge in [-0.25, -0.2) is 0 Å². The van der Waals surface area contributed by atoms with Crippen LogP contribution in [-0.4, -0.2) is 19.3 Å². The van der Waals surface area contributed by atoms with Crippen molar-refractivity contribution < 1.29 is 13.2 Å². The molecule has 0 spiro atoms. The van der Waals surface area contributed by atoms with Crippen LogP contribution in [0.4, 0.5) is 18.9 Å². The molecule has 0 aromatic heterocycles. The van der Waals surface area contributed by atoms with Gasteiger partial charge in [-0.1, -0.05) is 23.7 Å². The molecule has 1 aromatic rings. The number of nitrogens with zero attached hydrogens (tertiary/aromatic N) is 1. The maximum atomic E-state index is 12.4. The second-order valence-electron chi connectivity index (χ2n) is 3.74. The highest BCUT2D eigenvalue weighted by molar-refractivity contribution is 6.33. The van der Waals surface area contributed by atoms with Crippen LogP contribution >= 0.6 is 11.6 Å². The summed E-state index contributed by atoms with van der Waals surface area (Å²) < 4.78 is 37.3. The summed E-state index contributed by atoms with van der Waals surface area (Å²) >= 11 is 5.91. The molecule has 0 amide bonds. The van der Waals surface area contributed by atoms with Crippen molar-refractivity contribution >= 4 is 17.3 Å². The van der Waals surface area contributed by atoms with Crippen molar-refractivity contribution in [3.63, 3.8) is 0 Å². The zero-order valence-corrected chi connectivity index (χ0v) is 10.1. The zero-order chi connectivity index (χ0) is 13.1. The van der Waals surface area contributed by atoms with E-state index in [1.54, 1.807) is 25.1 Å². The van der Waals surface area contributed by atoms with E-state index in [2.05, 4.69) is 6.58 Å². The Hall–Kier alpha value is -1.16. The first kappa shape index (κ1) is 13.9. The average molecular weight is 264 g/mol. The molecule has 0 saturated heterocycles. The zero-order valence-electron chi connectivity index (χ0n) is 9.39. The lowest BCUT2D eigenvalue weighted by Crippen LogP contribution is -2.34. The van der Waals surface area contributed by atoms with Gasteiger partial charge in [0, 0.05) is 6.54 Å². The molecule has 5 heteroatoms. The predicted octanol–water partition coefficient (Wildman–Crippen LogP) is 4.20. The van der Waals surface area contributed by atoms with Crippen LogP contribution in [0.2, 0.25) is 5.02 Å². The topological polar surface area (TPSA) is 3.24 Å². The number of alkyl halides is 3. The molecular formula is C12H13ClF3N. The summed E-state index contributed by atoms with van der Waals surface area (Å²) in [5.74, 6) is 0. The molecule has 17 heavy (non-hydrogen) atoms. The highest BCUT2D eigenvalue weighted by Crippen LogP contribution is 2.29. The number of anilines is 1. The van der Waals surface area contributed by atoms with Gasteiger partial charge < -0.3 is 4.90 Å². The summed E-state index contributed by atoms with van der Waals surface area (Å²) in [6.07, 6.45) is -2.85. The highest BCUT2D eigenvalue weighted by atomic mass is 35.5. The molecule has 0 N–H and O–H groups in total. The minimum atomic E-state index is -4.27. The molecule has 0 heterocycles. The smallest absolute Gasteiger partial charge is 0.358 e. The summed E-state index contributed by atoms with van der Waals surface area (Å²) in [6, 6.07) is 4.99. The van der Waals surface area contributed by atoms with Crippen LogP contribution in [-0.2, 0) is 0 Å². The summed E-state index contributed by atoms with van der Waals surface area (Å²) in [5, 5.41) is 0.307. The van der Waals surface area contributed by atoms with E-state index in [9.17, 15) is 13.2 Å². The van der Waals surface area contributed by atoms with Gasteiger partial charge in [0.15, 0.2) is 0 Å². The van der Waals surface area contributed by atoms with Crippen LogP contribution in [0.25, 0.3) is 0 Å². The van der Waals surface area contributed by atoms with Crippen LogP contribution in [0.15, 0.2) is 30.9 Å². The number of hydrogen-bond donors (Lipinski definition) is 0. The van der Waals surface area contributed by atoms with Crippen molar-refractivity contribution in [3.8, 4) is 0 Å². The molecule has 0 aliphatic carbocycles. The highest BCUT2D eigenvalue weighted by Gasteiger charge is 2.31. The van der Waals surface area contributed by atoms with Gasteiger partial charge in [0.25, 0.3) is 0 Å². The molecule has 0 radical (unpaired) electrons. The Labute approximate surface area is 103 Å². The van der Waals surface area contributed by atoms with E-state index < -0.39 is 12.7 Å². The maximum absolute atomic E-state index is 12.4. The Kier molecular flexibility index (Phi) is 4.46. The molecule has 0 unspecified atom stereocenters. The van der Waals surface area contributed by atoms with Crippen molar-refractivity contribution in [3.05, 3.63) is 41.4 Å². The molecule has 1 rings (SSSR count). The Morgan fingerprint density at radius 3 is 2.59 bits per heavy atom. The molecule has 0 saturated carbocycles. The lowest BCUT2D eigenvalue weighted by molar-refractivity contribution is -0.119. The van der Waals surface area contributed by atoms with Crippen LogP contribution in [0.3, 0.4) is 0 Å². The van der Waals surface area contributed by atoms with E-state index in [1.807, 2.05) is 0 Å². The Balaban J connectivity index is 3.04. The van der Waals surface area contributed by atoms with Gasteiger partial charge in [0.1, 0.15) is 6.54 Å². The molecular weight excluding hydrogens is 251 g/mol. The first-order chi connectivity index (χ1) is 7.83. The van der Waals surface area contributed by atoms with Gasteiger partial charge in [-0.3, -0.25) is 0 Å². The summed E-state index contributed by atoms with van der Waals surface area (Å²) in [7, 11) is 0. The van der Waals surface area contributed by atoms with Crippen molar-refractivity contribution in [1.82, 2.24) is 0 Å². The van der Waals surface area contributed by atoms with Gasteiger partial charge in [-0.05, 0) is 24.6 Å². The number of benzene rings is 1. The molecule has 1 aromatic carbocycles. The van der Waals surface area contributed by atoms with Crippen LogP contribution in [0.1, 0.15) is 5.56 Å². The fraction of sp³-hybridized carbons (Fsp3) is 0.333. The van der Waals surface area contributed by atoms with Crippen LogP contribution in [0, 0.1) is 6.92 Å². The van der Waals surface area contributed by atoms with Gasteiger partial charge in [-0.15, -0.1) is 6.58 Å². The third-order valence-electron chi connectivity index (χ3n) is 2.16. The molecule has 0 aliphatic heterocycles. The third kappa shape index (κ3) is 4.30. The van der Waals surface area contributed by atoms with E-state index in [0.717, 1.165) is 10.5 Å². The Bertz CT molecular complexity index is 401. The van der Waals surface area contributed by atoms with E-state index >= 15 is 0 Å². The Morgan fingerprint density at radius 1 is 1.41 bits per heavy atom. The monoisotopic (exact) mass is 263 g/mol. The fourth-order valence-electron chi connectivity index (χ4n) is 1.49. The molecule has 0 fully saturated rings. The first-order valence-electron chi connectivity index (χ1n) is 5.02. The van der Waals surface area contributed by atoms with Crippen molar-refractivity contribution in [1.29, 1.82) is 0 Å². The fourth-order valence-corrected chi connectivity index (χ4v) is 1.72. The molecule has 0 atom stereocenters. The number of hydrogen-bond acceptors (Lipinski definition) is 1. The van der Waals surface area contributed by atoms with E-state index in [0.29, 0.717) is 10.7 Å². The second-order valence-corrected chi connectivity index (χ2v) is 4.15. The van der Waals surface area contributed by atoms with Crippen LogP contribution in [0.5, 0.6) is 0 Å². The predicted molar refractivity (Wildman–Crippen MR) is 64.7 cm³/mol. The van der Waals surface area contributed by atoms with E-state index in [-0.39, 0.29) is 6.54 Å². The number of halogens is 4. The third-order valence-corrected chi connectivity index (χ3v) is 2.48. The Morgan fingerprint density at radius 2 is 2.06 bits per heavy atom. The number of aryl methyl sites for hydroxylation is 1. The first-order valence-corrected chi connectivity index (χ1v) is 5.40. The van der Waals surface area contributed by atoms with Crippen molar-refractivity contribution in [2.24, 2.45) is 0 Å². The minimum Gasteiger partial charge on any atom is -0.358 e. The quantitative estimate of drug-likeness (QED) is 0.736. The lowest BCUT2D eigenvalue weighted by Gasteiger charge is -2.25. The lowest BCUT2D eigenvalue weighted by atomic mass is 10.2. The van der Waals surface area contributed by atoms with E-state index in [4.69, 9.17) is 11.6 Å². The summed E-state index contributed by atoms with van der Waals surface area (Å²) in [5.41, 5.74) is 1.24. The van der Waals surface area contributed by atoms with Gasteiger partial charge in [-0.2, -0.15) is 13.2 Å². The average Bonchev–Trinajstić information content (AvgIpc) is 2.19. The molecule has 1 nitrogen and oxygen atoms in total. The summed E-state index contributed by atoms with van der Waals surface area (Å²) in [4.78, 5) is 1.16. The molecule has 0 bridgehead atoms. The normalized spacial score (nSPS) is 11.4. The second kappa shape index (κ2) is 5.45. The van der Waals surface area contributed by atoms with Crippen molar-refractivity contribution in [2.45, 2.75) is 13.1 Å². The maximum Gasteiger partial charge on any atom is 0.405 e. The largest absolute Gasteiger partial charge is 0.405 e. The number of rotatable bonds is 4. The van der Waals surface area contributed by atoms with Gasteiger partial charge in [0.05, 0.1) is 10.7 Å².